The number of rotatable bonds is 5. The summed E-state index contributed by atoms with van der Waals surface area (Å²) in [6.45, 7) is 2.62. The number of benzene rings is 1. The molecule has 2 rings (SSSR count). The Morgan fingerprint density at radius 2 is 2.05 bits per heavy atom. The van der Waals surface area contributed by atoms with Crippen molar-refractivity contribution in [1.29, 1.82) is 0 Å². The van der Waals surface area contributed by atoms with Gasteiger partial charge in [-0.1, -0.05) is 0 Å². The smallest absolute Gasteiger partial charge is 0.335 e. The molecule has 1 aliphatic heterocycles. The fourth-order valence-electron chi connectivity index (χ4n) is 2.02. The summed E-state index contributed by atoms with van der Waals surface area (Å²) in [6, 6.07) is 5.68. The summed E-state index contributed by atoms with van der Waals surface area (Å²) in [5.74, 6) is -1.07. The van der Waals surface area contributed by atoms with E-state index in [4.69, 9.17) is 9.84 Å². The first-order chi connectivity index (χ1) is 9.97. The van der Waals surface area contributed by atoms with Gasteiger partial charge in [-0.2, -0.15) is 0 Å². The molecule has 7 heteroatoms. The summed E-state index contributed by atoms with van der Waals surface area (Å²) in [5, 5.41) is 11.1. The Kier molecular flexibility index (Phi) is 4.54. The third-order valence-corrected chi connectivity index (χ3v) is 3.28. The van der Waals surface area contributed by atoms with E-state index < -0.39 is 5.97 Å². The molecular weight excluding hydrogens is 276 g/mol. The predicted molar refractivity (Wildman–Crippen MR) is 73.1 cm³/mol. The van der Waals surface area contributed by atoms with Crippen LogP contribution in [0.15, 0.2) is 24.3 Å². The first-order valence-electron chi connectivity index (χ1n) is 6.51. The van der Waals surface area contributed by atoms with Crippen molar-refractivity contribution in [3.8, 4) is 5.75 Å². The molecule has 1 aromatic carbocycles. The van der Waals surface area contributed by atoms with Crippen molar-refractivity contribution in [1.82, 2.24) is 10.2 Å². The molecule has 1 aromatic rings. The topological polar surface area (TPSA) is 95.9 Å². The molecule has 0 radical (unpaired) electrons. The van der Waals surface area contributed by atoms with Crippen molar-refractivity contribution in [2.75, 3.05) is 19.7 Å². The molecule has 1 heterocycles. The van der Waals surface area contributed by atoms with Crippen molar-refractivity contribution in [3.63, 3.8) is 0 Å². The SMILES string of the molecule is CC1C(=O)NC(=O)CN1CCOc1ccc(C(=O)O)cc1. The number of carboxylic acids is 1. The Bertz CT molecular complexity index is 555. The maximum absolute atomic E-state index is 11.5. The van der Waals surface area contributed by atoms with Gasteiger partial charge in [0.1, 0.15) is 12.4 Å². The van der Waals surface area contributed by atoms with Crippen LogP contribution in [0.3, 0.4) is 0 Å². The standard InChI is InChI=1S/C14H16N2O5/c1-9-13(18)15-12(17)8-16(9)6-7-21-11-4-2-10(3-5-11)14(19)20/h2-5,9H,6-8H2,1H3,(H,19,20)(H,15,17,18). The fourth-order valence-corrected chi connectivity index (χ4v) is 2.02. The van der Waals surface area contributed by atoms with Crippen LogP contribution in [0.4, 0.5) is 0 Å². The lowest BCUT2D eigenvalue weighted by Gasteiger charge is -2.31. The number of imide groups is 1. The highest BCUT2D eigenvalue weighted by Crippen LogP contribution is 2.12. The number of carbonyl (C=O) groups is 3. The summed E-state index contributed by atoms with van der Waals surface area (Å²) >= 11 is 0. The average molecular weight is 292 g/mol. The number of aromatic carboxylic acids is 1. The molecule has 2 amide bonds. The number of hydrogen-bond acceptors (Lipinski definition) is 5. The number of ether oxygens (including phenoxy) is 1. The van der Waals surface area contributed by atoms with Gasteiger partial charge < -0.3 is 9.84 Å². The molecule has 1 saturated heterocycles. The van der Waals surface area contributed by atoms with Crippen molar-refractivity contribution in [3.05, 3.63) is 29.8 Å². The Morgan fingerprint density at radius 3 is 2.67 bits per heavy atom. The van der Waals surface area contributed by atoms with Gasteiger partial charge >= 0.3 is 5.97 Å². The molecule has 112 valence electrons. The van der Waals surface area contributed by atoms with Gasteiger partial charge in [0.05, 0.1) is 18.2 Å². The second-order valence-corrected chi connectivity index (χ2v) is 4.74. The Labute approximate surface area is 121 Å². The molecule has 0 saturated carbocycles. The molecule has 2 N–H and O–H groups in total. The zero-order chi connectivity index (χ0) is 15.4. The van der Waals surface area contributed by atoms with Crippen molar-refractivity contribution in [2.24, 2.45) is 0 Å². The third-order valence-electron chi connectivity index (χ3n) is 3.28. The summed E-state index contributed by atoms with van der Waals surface area (Å²) in [7, 11) is 0. The van der Waals surface area contributed by atoms with Crippen LogP contribution in [-0.2, 0) is 9.59 Å². The van der Waals surface area contributed by atoms with Crippen LogP contribution in [0.1, 0.15) is 17.3 Å². The van der Waals surface area contributed by atoms with Crippen LogP contribution in [0.25, 0.3) is 0 Å². The summed E-state index contributed by atoms with van der Waals surface area (Å²) in [6.07, 6.45) is 0. The van der Waals surface area contributed by atoms with Crippen molar-refractivity contribution < 1.29 is 24.2 Å². The predicted octanol–water partition coefficient (Wildman–Crippen LogP) is 0.110. The van der Waals surface area contributed by atoms with Crippen LogP contribution < -0.4 is 10.1 Å². The molecule has 0 aliphatic carbocycles. The maximum Gasteiger partial charge on any atom is 0.335 e. The number of carbonyl (C=O) groups excluding carboxylic acids is 2. The van der Waals surface area contributed by atoms with E-state index in [-0.39, 0.29) is 30.0 Å². The Balaban J connectivity index is 1.84. The lowest BCUT2D eigenvalue weighted by Crippen LogP contribution is -2.57. The first-order valence-corrected chi connectivity index (χ1v) is 6.51. The van der Waals surface area contributed by atoms with E-state index in [1.54, 1.807) is 24.0 Å². The minimum absolute atomic E-state index is 0.161. The quantitative estimate of drug-likeness (QED) is 0.748. The number of nitrogens with one attached hydrogen (secondary N) is 1. The zero-order valence-electron chi connectivity index (χ0n) is 11.5. The number of nitrogens with zero attached hydrogens (tertiary/aromatic N) is 1. The normalized spacial score (nSPS) is 19.2. The van der Waals surface area contributed by atoms with Gasteiger partial charge in [0.15, 0.2) is 0 Å². The number of carboxylic acid groups (broad SMARTS) is 1. The lowest BCUT2D eigenvalue weighted by atomic mass is 10.2. The van der Waals surface area contributed by atoms with Gasteiger partial charge in [-0.15, -0.1) is 0 Å². The van der Waals surface area contributed by atoms with E-state index in [2.05, 4.69) is 5.32 Å². The molecule has 0 spiro atoms. The minimum atomic E-state index is -0.992. The average Bonchev–Trinajstić information content (AvgIpc) is 2.44. The van der Waals surface area contributed by atoms with E-state index >= 15 is 0 Å². The molecular formula is C14H16N2O5. The summed E-state index contributed by atoms with van der Waals surface area (Å²) in [4.78, 5) is 35.2. The van der Waals surface area contributed by atoms with Crippen molar-refractivity contribution >= 4 is 17.8 Å². The monoisotopic (exact) mass is 292 g/mol. The zero-order valence-corrected chi connectivity index (χ0v) is 11.5. The second kappa shape index (κ2) is 6.36. The molecule has 1 unspecified atom stereocenters. The highest BCUT2D eigenvalue weighted by molar-refractivity contribution is 6.00. The van der Waals surface area contributed by atoms with Gasteiger partial charge in [-0.3, -0.25) is 19.8 Å². The lowest BCUT2D eigenvalue weighted by molar-refractivity contribution is -0.139. The molecule has 1 atom stereocenters. The van der Waals surface area contributed by atoms with Crippen LogP contribution in [-0.4, -0.2) is 53.5 Å². The van der Waals surface area contributed by atoms with Crippen molar-refractivity contribution in [2.45, 2.75) is 13.0 Å². The number of amides is 2. The van der Waals surface area contributed by atoms with Gasteiger partial charge in [0, 0.05) is 6.54 Å². The Morgan fingerprint density at radius 1 is 1.38 bits per heavy atom. The minimum Gasteiger partial charge on any atom is -0.492 e. The van der Waals surface area contributed by atoms with Gasteiger partial charge in [0.2, 0.25) is 11.8 Å². The summed E-state index contributed by atoms with van der Waals surface area (Å²) in [5.41, 5.74) is 0.189. The van der Waals surface area contributed by atoms with Crippen LogP contribution in [0, 0.1) is 0 Å². The molecule has 0 bridgehead atoms. The number of hydrogen-bond donors (Lipinski definition) is 2. The van der Waals surface area contributed by atoms with E-state index in [1.807, 2.05) is 0 Å². The molecule has 1 aliphatic rings. The van der Waals surface area contributed by atoms with Crippen LogP contribution in [0.2, 0.25) is 0 Å². The molecule has 0 aromatic heterocycles. The first kappa shape index (κ1) is 15.0. The van der Waals surface area contributed by atoms with E-state index in [1.165, 1.54) is 12.1 Å². The molecule has 1 fully saturated rings. The largest absolute Gasteiger partial charge is 0.492 e. The highest BCUT2D eigenvalue weighted by Gasteiger charge is 2.29. The molecule has 21 heavy (non-hydrogen) atoms. The van der Waals surface area contributed by atoms with Crippen LogP contribution >= 0.6 is 0 Å². The fraction of sp³-hybridized carbons (Fsp3) is 0.357. The van der Waals surface area contributed by atoms with E-state index in [0.717, 1.165) is 0 Å². The maximum atomic E-state index is 11.5. The number of piperazine rings is 1. The third kappa shape index (κ3) is 3.79. The van der Waals surface area contributed by atoms with Gasteiger partial charge in [-0.25, -0.2) is 4.79 Å². The molecule has 7 nitrogen and oxygen atoms in total. The summed E-state index contributed by atoms with van der Waals surface area (Å²) < 4.78 is 5.48. The second-order valence-electron chi connectivity index (χ2n) is 4.74. The van der Waals surface area contributed by atoms with Gasteiger partial charge in [-0.05, 0) is 31.2 Å². The Hall–Kier alpha value is -2.41. The highest BCUT2D eigenvalue weighted by atomic mass is 16.5. The van der Waals surface area contributed by atoms with Gasteiger partial charge in [0.25, 0.3) is 0 Å². The van der Waals surface area contributed by atoms with E-state index in [0.29, 0.717) is 18.9 Å². The van der Waals surface area contributed by atoms with Crippen LogP contribution in [0.5, 0.6) is 5.75 Å². The van der Waals surface area contributed by atoms with E-state index in [9.17, 15) is 14.4 Å².